The molecule has 0 aliphatic carbocycles. The fraction of sp³-hybridized carbons (Fsp3) is 0.294. The average molecular weight is 284 g/mol. The molecule has 4 heteroatoms. The summed E-state index contributed by atoms with van der Waals surface area (Å²) in [5.74, 6) is 1.25. The summed E-state index contributed by atoms with van der Waals surface area (Å²) in [5.41, 5.74) is 2.33. The maximum Gasteiger partial charge on any atom is 0.228 e. The Morgan fingerprint density at radius 2 is 1.95 bits per heavy atom. The lowest BCUT2D eigenvalue weighted by Crippen LogP contribution is -2.15. The van der Waals surface area contributed by atoms with E-state index in [2.05, 4.69) is 17.2 Å². The molecule has 0 fully saturated rings. The molecular formula is C17H20N2O2. The second-order valence-electron chi connectivity index (χ2n) is 4.86. The van der Waals surface area contributed by atoms with Gasteiger partial charge in [-0.3, -0.25) is 4.79 Å². The first kappa shape index (κ1) is 15.0. The molecular weight excluding hydrogens is 264 g/mol. The quantitative estimate of drug-likeness (QED) is 0.885. The van der Waals surface area contributed by atoms with Gasteiger partial charge in [-0.25, -0.2) is 4.98 Å². The van der Waals surface area contributed by atoms with Gasteiger partial charge in [0.2, 0.25) is 5.91 Å². The van der Waals surface area contributed by atoms with Crippen molar-refractivity contribution in [1.82, 2.24) is 4.98 Å². The van der Waals surface area contributed by atoms with Crippen LogP contribution in [-0.2, 0) is 11.2 Å². The van der Waals surface area contributed by atoms with Crippen LogP contribution in [0.3, 0.4) is 0 Å². The summed E-state index contributed by atoms with van der Waals surface area (Å²) >= 11 is 0. The van der Waals surface area contributed by atoms with Gasteiger partial charge in [0.05, 0.1) is 13.0 Å². The van der Waals surface area contributed by atoms with Crippen molar-refractivity contribution in [3.05, 3.63) is 53.7 Å². The minimum atomic E-state index is -0.100. The summed E-state index contributed by atoms with van der Waals surface area (Å²) < 4.78 is 5.55. The second kappa shape index (κ2) is 7.43. The highest BCUT2D eigenvalue weighted by Crippen LogP contribution is 2.13. The molecule has 1 N–H and O–H groups in total. The molecule has 0 aliphatic heterocycles. The van der Waals surface area contributed by atoms with Gasteiger partial charge in [0.15, 0.2) is 0 Å². The molecule has 110 valence electrons. The van der Waals surface area contributed by atoms with Gasteiger partial charge in [0.25, 0.3) is 0 Å². The van der Waals surface area contributed by atoms with E-state index >= 15 is 0 Å². The van der Waals surface area contributed by atoms with Gasteiger partial charge in [-0.15, -0.1) is 0 Å². The number of anilines is 1. The molecule has 0 spiro atoms. The topological polar surface area (TPSA) is 51.2 Å². The molecule has 21 heavy (non-hydrogen) atoms. The normalized spacial score (nSPS) is 10.2. The Balaban J connectivity index is 1.74. The minimum Gasteiger partial charge on any atom is -0.493 e. The Bertz CT molecular complexity index is 577. The Morgan fingerprint density at radius 1 is 1.19 bits per heavy atom. The molecule has 0 unspecified atom stereocenters. The van der Waals surface area contributed by atoms with E-state index in [1.807, 2.05) is 37.3 Å². The van der Waals surface area contributed by atoms with Crippen molar-refractivity contribution in [3.8, 4) is 5.75 Å². The van der Waals surface area contributed by atoms with Gasteiger partial charge >= 0.3 is 0 Å². The van der Waals surface area contributed by atoms with Gasteiger partial charge < -0.3 is 10.1 Å². The zero-order valence-electron chi connectivity index (χ0n) is 12.4. The number of amides is 1. The van der Waals surface area contributed by atoms with Crippen LogP contribution in [0.5, 0.6) is 5.75 Å². The third kappa shape index (κ3) is 4.91. The number of aromatic nitrogens is 1. The van der Waals surface area contributed by atoms with Crippen molar-refractivity contribution in [2.24, 2.45) is 0 Å². The fourth-order valence-electron chi connectivity index (χ4n) is 1.83. The lowest BCUT2D eigenvalue weighted by Gasteiger charge is -2.07. The number of rotatable bonds is 6. The highest BCUT2D eigenvalue weighted by Gasteiger charge is 2.04. The number of hydrogen-bond acceptors (Lipinski definition) is 3. The number of carbonyl (C=O) groups excluding carboxylic acids is 1. The number of pyridine rings is 1. The zero-order chi connectivity index (χ0) is 15.1. The molecule has 2 aromatic rings. The van der Waals surface area contributed by atoms with Crippen molar-refractivity contribution >= 4 is 11.7 Å². The molecule has 0 bridgehead atoms. The van der Waals surface area contributed by atoms with Crippen LogP contribution in [0, 0.1) is 6.92 Å². The maximum absolute atomic E-state index is 11.8. The first-order valence-corrected chi connectivity index (χ1v) is 7.11. The van der Waals surface area contributed by atoms with Crippen molar-refractivity contribution in [2.45, 2.75) is 26.7 Å². The summed E-state index contributed by atoms with van der Waals surface area (Å²) in [5, 5.41) is 2.74. The molecule has 0 saturated carbocycles. The number of benzene rings is 1. The van der Waals surface area contributed by atoms with Crippen molar-refractivity contribution in [1.29, 1.82) is 0 Å². The second-order valence-corrected chi connectivity index (χ2v) is 4.86. The van der Waals surface area contributed by atoms with Crippen molar-refractivity contribution in [3.63, 3.8) is 0 Å². The van der Waals surface area contributed by atoms with Crippen LogP contribution >= 0.6 is 0 Å². The van der Waals surface area contributed by atoms with E-state index in [0.717, 1.165) is 17.7 Å². The summed E-state index contributed by atoms with van der Waals surface area (Å²) in [7, 11) is 0. The first-order valence-electron chi connectivity index (χ1n) is 7.11. The SMILES string of the molecule is CCc1ccc(OCCC(=O)Nc2ccc(C)cn2)cc1. The van der Waals surface area contributed by atoms with Crippen molar-refractivity contribution < 1.29 is 9.53 Å². The van der Waals surface area contributed by atoms with Gasteiger partial charge in [-0.1, -0.05) is 25.1 Å². The molecule has 0 aliphatic rings. The van der Waals surface area contributed by atoms with Gasteiger partial charge in [0, 0.05) is 6.20 Å². The monoisotopic (exact) mass is 284 g/mol. The number of nitrogens with one attached hydrogen (secondary N) is 1. The van der Waals surface area contributed by atoms with Gasteiger partial charge in [0.1, 0.15) is 11.6 Å². The predicted molar refractivity (Wildman–Crippen MR) is 83.5 cm³/mol. The van der Waals surface area contributed by atoms with Gasteiger partial charge in [-0.05, 0) is 42.7 Å². The molecule has 1 aromatic carbocycles. The third-order valence-corrected chi connectivity index (χ3v) is 3.11. The van der Waals surface area contributed by atoms with Crippen LogP contribution in [0.1, 0.15) is 24.5 Å². The summed E-state index contributed by atoms with van der Waals surface area (Å²) in [6.07, 6.45) is 3.03. The highest BCUT2D eigenvalue weighted by atomic mass is 16.5. The molecule has 1 aromatic heterocycles. The number of ether oxygens (including phenoxy) is 1. The van der Waals surface area contributed by atoms with Gasteiger partial charge in [-0.2, -0.15) is 0 Å². The van der Waals surface area contributed by atoms with Crippen molar-refractivity contribution in [2.75, 3.05) is 11.9 Å². The number of nitrogens with zero attached hydrogens (tertiary/aromatic N) is 1. The molecule has 2 rings (SSSR count). The zero-order valence-corrected chi connectivity index (χ0v) is 12.4. The first-order chi connectivity index (χ1) is 10.2. The number of aryl methyl sites for hydroxylation is 2. The summed E-state index contributed by atoms with van der Waals surface area (Å²) in [6.45, 7) is 4.42. The Morgan fingerprint density at radius 3 is 2.57 bits per heavy atom. The molecule has 0 radical (unpaired) electrons. The molecule has 4 nitrogen and oxygen atoms in total. The minimum absolute atomic E-state index is 0.100. The smallest absolute Gasteiger partial charge is 0.228 e. The maximum atomic E-state index is 11.8. The fourth-order valence-corrected chi connectivity index (χ4v) is 1.83. The molecule has 0 atom stereocenters. The number of hydrogen-bond donors (Lipinski definition) is 1. The Labute approximate surface area is 125 Å². The summed E-state index contributed by atoms with van der Waals surface area (Å²) in [4.78, 5) is 15.9. The van der Waals surface area contributed by atoms with E-state index < -0.39 is 0 Å². The molecule has 1 heterocycles. The van der Waals surface area contributed by atoms with Crippen LogP contribution in [-0.4, -0.2) is 17.5 Å². The van der Waals surface area contributed by atoms with Crippen LogP contribution in [0.2, 0.25) is 0 Å². The Kier molecular flexibility index (Phi) is 5.32. The van der Waals surface area contributed by atoms with E-state index in [1.165, 1.54) is 5.56 Å². The lowest BCUT2D eigenvalue weighted by molar-refractivity contribution is -0.116. The van der Waals surface area contributed by atoms with E-state index in [0.29, 0.717) is 18.8 Å². The molecule has 1 amide bonds. The predicted octanol–water partition coefficient (Wildman–Crippen LogP) is 3.36. The standard InChI is InChI=1S/C17H20N2O2/c1-3-14-5-7-15(8-6-14)21-11-10-17(20)19-16-9-4-13(2)12-18-16/h4-9,12H,3,10-11H2,1-2H3,(H,18,19,20). The Hall–Kier alpha value is -2.36. The third-order valence-electron chi connectivity index (χ3n) is 3.11. The largest absolute Gasteiger partial charge is 0.493 e. The van der Waals surface area contributed by atoms with Crippen LogP contribution in [0.15, 0.2) is 42.6 Å². The van der Waals surface area contributed by atoms with E-state index in [9.17, 15) is 4.79 Å². The van der Waals surface area contributed by atoms with E-state index in [4.69, 9.17) is 4.74 Å². The lowest BCUT2D eigenvalue weighted by atomic mass is 10.2. The summed E-state index contributed by atoms with van der Waals surface area (Å²) in [6, 6.07) is 11.6. The van der Waals surface area contributed by atoms with E-state index in [1.54, 1.807) is 12.3 Å². The van der Waals surface area contributed by atoms with E-state index in [-0.39, 0.29) is 5.91 Å². The number of carbonyl (C=O) groups is 1. The van der Waals surface area contributed by atoms with Crippen LogP contribution in [0.25, 0.3) is 0 Å². The highest BCUT2D eigenvalue weighted by molar-refractivity contribution is 5.89. The average Bonchev–Trinajstić information content (AvgIpc) is 2.50. The van der Waals surface area contributed by atoms with Crippen LogP contribution in [0.4, 0.5) is 5.82 Å². The molecule has 0 saturated heterocycles. The van der Waals surface area contributed by atoms with Crippen LogP contribution < -0.4 is 10.1 Å².